The molecule has 1 aliphatic heterocycles. The number of ether oxygens (including phenoxy) is 2. The van der Waals surface area contributed by atoms with E-state index in [9.17, 15) is 9.59 Å². The van der Waals surface area contributed by atoms with Crippen molar-refractivity contribution in [1.82, 2.24) is 10.2 Å². The summed E-state index contributed by atoms with van der Waals surface area (Å²) in [6.45, 7) is 1.12. The summed E-state index contributed by atoms with van der Waals surface area (Å²) in [5.41, 5.74) is 1.35. The van der Waals surface area contributed by atoms with E-state index in [-0.39, 0.29) is 17.9 Å². The van der Waals surface area contributed by atoms with Crippen LogP contribution in [-0.4, -0.2) is 50.1 Å². The van der Waals surface area contributed by atoms with Crippen LogP contribution in [-0.2, 0) is 11.2 Å². The Morgan fingerprint density at radius 2 is 1.62 bits per heavy atom. The molecule has 0 bridgehead atoms. The number of benzene rings is 2. The third-order valence-electron chi connectivity index (χ3n) is 5.07. The topological polar surface area (TPSA) is 67.9 Å². The number of hydrogen-bond donors (Lipinski definition) is 1. The van der Waals surface area contributed by atoms with Crippen LogP contribution in [0, 0.1) is 0 Å². The van der Waals surface area contributed by atoms with Gasteiger partial charge in [0.1, 0.15) is 17.1 Å². The van der Waals surface area contributed by atoms with Crippen LogP contribution in [0.15, 0.2) is 42.5 Å². The van der Waals surface area contributed by atoms with Gasteiger partial charge in [0.25, 0.3) is 5.91 Å². The number of nitrogens with zero attached hydrogens (tertiary/aromatic N) is 1. The van der Waals surface area contributed by atoms with E-state index < -0.39 is 0 Å². The Balaban J connectivity index is 1.56. The number of carbonyl (C=O) groups is 2. The monoisotopic (exact) mass is 416 g/mol. The van der Waals surface area contributed by atoms with Crippen LogP contribution >= 0.6 is 11.6 Å². The van der Waals surface area contributed by atoms with Gasteiger partial charge in [0.05, 0.1) is 20.6 Å². The third kappa shape index (κ3) is 5.21. The van der Waals surface area contributed by atoms with E-state index in [0.29, 0.717) is 54.4 Å². The second-order valence-corrected chi connectivity index (χ2v) is 7.41. The molecule has 0 saturated carbocycles. The van der Waals surface area contributed by atoms with E-state index >= 15 is 0 Å². The summed E-state index contributed by atoms with van der Waals surface area (Å²) in [6, 6.07) is 12.6. The molecule has 1 N–H and O–H groups in total. The predicted molar refractivity (Wildman–Crippen MR) is 112 cm³/mol. The first-order valence-corrected chi connectivity index (χ1v) is 9.93. The van der Waals surface area contributed by atoms with Crippen LogP contribution in [0.25, 0.3) is 0 Å². The van der Waals surface area contributed by atoms with Crippen LogP contribution in [0.4, 0.5) is 0 Å². The van der Waals surface area contributed by atoms with Gasteiger partial charge in [-0.15, -0.1) is 0 Å². The van der Waals surface area contributed by atoms with Gasteiger partial charge in [-0.1, -0.05) is 29.8 Å². The molecule has 1 fully saturated rings. The van der Waals surface area contributed by atoms with Gasteiger partial charge in [0.2, 0.25) is 5.91 Å². The molecule has 2 aromatic carbocycles. The summed E-state index contributed by atoms with van der Waals surface area (Å²) in [5, 5.41) is 3.72. The van der Waals surface area contributed by atoms with Gasteiger partial charge in [0.15, 0.2) is 0 Å². The lowest BCUT2D eigenvalue weighted by Gasteiger charge is -2.33. The Morgan fingerprint density at radius 1 is 1.03 bits per heavy atom. The molecule has 29 heavy (non-hydrogen) atoms. The first kappa shape index (κ1) is 21.0. The van der Waals surface area contributed by atoms with Crippen LogP contribution in [0.5, 0.6) is 11.5 Å². The Morgan fingerprint density at radius 3 is 2.17 bits per heavy atom. The van der Waals surface area contributed by atoms with Crippen LogP contribution < -0.4 is 14.8 Å². The standard InChI is InChI=1S/C22H25ClN2O4/c1-28-18-4-3-5-19(29-2)21(18)22(27)25-12-10-17(11-13-25)24-20(26)14-15-6-8-16(23)9-7-15/h3-9,17H,10-14H2,1-2H3,(H,24,26). The highest BCUT2D eigenvalue weighted by Crippen LogP contribution is 2.30. The summed E-state index contributed by atoms with van der Waals surface area (Å²) < 4.78 is 10.7. The Hall–Kier alpha value is -2.73. The summed E-state index contributed by atoms with van der Waals surface area (Å²) in [6.07, 6.45) is 1.72. The summed E-state index contributed by atoms with van der Waals surface area (Å²) >= 11 is 5.88. The zero-order valence-corrected chi connectivity index (χ0v) is 17.4. The largest absolute Gasteiger partial charge is 0.496 e. The Kier molecular flexibility index (Phi) is 6.99. The van der Waals surface area contributed by atoms with E-state index in [2.05, 4.69) is 5.32 Å². The van der Waals surface area contributed by atoms with Crippen LogP contribution in [0.3, 0.4) is 0 Å². The second-order valence-electron chi connectivity index (χ2n) is 6.97. The number of rotatable bonds is 6. The number of nitrogens with one attached hydrogen (secondary N) is 1. The maximum Gasteiger partial charge on any atom is 0.261 e. The third-order valence-corrected chi connectivity index (χ3v) is 5.32. The molecule has 0 aromatic heterocycles. The normalized spacial score (nSPS) is 14.4. The smallest absolute Gasteiger partial charge is 0.261 e. The Bertz CT molecular complexity index is 839. The van der Waals surface area contributed by atoms with Gasteiger partial charge in [0, 0.05) is 24.2 Å². The van der Waals surface area contributed by atoms with E-state index in [1.54, 1.807) is 35.2 Å². The molecule has 1 aliphatic rings. The zero-order chi connectivity index (χ0) is 20.8. The van der Waals surface area contributed by atoms with E-state index in [4.69, 9.17) is 21.1 Å². The number of hydrogen-bond acceptors (Lipinski definition) is 4. The first-order chi connectivity index (χ1) is 14.0. The van der Waals surface area contributed by atoms with Crippen LogP contribution in [0.2, 0.25) is 5.02 Å². The molecular weight excluding hydrogens is 392 g/mol. The molecule has 1 saturated heterocycles. The molecule has 1 heterocycles. The highest BCUT2D eigenvalue weighted by molar-refractivity contribution is 6.30. The van der Waals surface area contributed by atoms with Crippen molar-refractivity contribution in [3.63, 3.8) is 0 Å². The average molecular weight is 417 g/mol. The van der Waals surface area contributed by atoms with E-state index in [1.807, 2.05) is 12.1 Å². The SMILES string of the molecule is COc1cccc(OC)c1C(=O)N1CCC(NC(=O)Cc2ccc(Cl)cc2)CC1. The van der Waals surface area contributed by atoms with Gasteiger partial charge in [-0.2, -0.15) is 0 Å². The van der Waals surface area contributed by atoms with Gasteiger partial charge in [-0.25, -0.2) is 0 Å². The fourth-order valence-electron chi connectivity index (χ4n) is 3.51. The quantitative estimate of drug-likeness (QED) is 0.784. The Labute approximate surface area is 175 Å². The predicted octanol–water partition coefficient (Wildman–Crippen LogP) is 3.32. The molecule has 2 aromatic rings. The van der Waals surface area contributed by atoms with Crippen molar-refractivity contribution in [3.8, 4) is 11.5 Å². The molecular formula is C22H25ClN2O4. The van der Waals surface area contributed by atoms with Crippen LogP contribution in [0.1, 0.15) is 28.8 Å². The summed E-state index contributed by atoms with van der Waals surface area (Å²) in [5.74, 6) is 0.842. The molecule has 0 radical (unpaired) electrons. The lowest BCUT2D eigenvalue weighted by molar-refractivity contribution is -0.121. The number of methoxy groups -OCH3 is 2. The maximum absolute atomic E-state index is 13.0. The van der Waals surface area contributed by atoms with Gasteiger partial charge >= 0.3 is 0 Å². The van der Waals surface area contributed by atoms with Crippen molar-refractivity contribution in [1.29, 1.82) is 0 Å². The molecule has 6 nitrogen and oxygen atoms in total. The zero-order valence-electron chi connectivity index (χ0n) is 16.6. The van der Waals surface area contributed by atoms with Gasteiger partial charge in [-0.3, -0.25) is 9.59 Å². The van der Waals surface area contributed by atoms with Crippen molar-refractivity contribution < 1.29 is 19.1 Å². The molecule has 2 amide bonds. The highest BCUT2D eigenvalue weighted by atomic mass is 35.5. The number of carbonyl (C=O) groups excluding carboxylic acids is 2. The van der Waals surface area contributed by atoms with Crippen molar-refractivity contribution >= 4 is 23.4 Å². The van der Waals surface area contributed by atoms with Gasteiger partial charge < -0.3 is 19.7 Å². The molecule has 0 aliphatic carbocycles. The van der Waals surface area contributed by atoms with E-state index in [1.165, 1.54) is 14.2 Å². The molecule has 0 atom stereocenters. The minimum absolute atomic E-state index is 0.0245. The van der Waals surface area contributed by atoms with E-state index in [0.717, 1.165) is 5.56 Å². The fourth-order valence-corrected chi connectivity index (χ4v) is 3.64. The highest BCUT2D eigenvalue weighted by Gasteiger charge is 2.28. The molecule has 154 valence electrons. The van der Waals surface area contributed by atoms with Crippen molar-refractivity contribution in [3.05, 3.63) is 58.6 Å². The lowest BCUT2D eigenvalue weighted by atomic mass is 10.0. The fraction of sp³-hybridized carbons (Fsp3) is 0.364. The summed E-state index contributed by atoms with van der Waals surface area (Å²) in [7, 11) is 3.07. The molecule has 7 heteroatoms. The number of halogens is 1. The number of likely N-dealkylation sites (tertiary alicyclic amines) is 1. The van der Waals surface area contributed by atoms with Crippen molar-refractivity contribution in [2.24, 2.45) is 0 Å². The minimum Gasteiger partial charge on any atom is -0.496 e. The number of amides is 2. The minimum atomic E-state index is -0.120. The summed E-state index contributed by atoms with van der Waals surface area (Å²) in [4.78, 5) is 27.1. The van der Waals surface area contributed by atoms with Crippen molar-refractivity contribution in [2.75, 3.05) is 27.3 Å². The number of piperidine rings is 1. The molecule has 0 spiro atoms. The average Bonchev–Trinajstić information content (AvgIpc) is 2.74. The second kappa shape index (κ2) is 9.65. The van der Waals surface area contributed by atoms with Gasteiger partial charge in [-0.05, 0) is 42.7 Å². The van der Waals surface area contributed by atoms with Crippen molar-refractivity contribution in [2.45, 2.75) is 25.3 Å². The molecule has 3 rings (SSSR count). The maximum atomic E-state index is 13.0. The first-order valence-electron chi connectivity index (χ1n) is 9.56. The lowest BCUT2D eigenvalue weighted by Crippen LogP contribution is -2.47. The molecule has 0 unspecified atom stereocenters.